The molecule has 23 heavy (non-hydrogen) atoms. The molecule has 120 valence electrons. The van der Waals surface area contributed by atoms with Gasteiger partial charge in [-0.3, -0.25) is 9.59 Å². The minimum Gasteiger partial charge on any atom is -0.349 e. The number of hydrogen-bond acceptors (Lipinski definition) is 2. The predicted molar refractivity (Wildman–Crippen MR) is 92.9 cm³/mol. The number of nitrogens with zero attached hydrogens (tertiary/aromatic N) is 1. The van der Waals surface area contributed by atoms with Gasteiger partial charge in [-0.05, 0) is 48.4 Å². The zero-order valence-corrected chi connectivity index (χ0v) is 13.9. The second kappa shape index (κ2) is 7.79. The maximum Gasteiger partial charge on any atom is 0.255 e. The SMILES string of the molecule is CN(C)C(=O)CCc1cccc(NC(=O)c2ccc(Cl)cc2)c1. The van der Waals surface area contributed by atoms with Gasteiger partial charge < -0.3 is 10.2 Å². The van der Waals surface area contributed by atoms with Crippen LogP contribution in [0.1, 0.15) is 22.3 Å². The van der Waals surface area contributed by atoms with Gasteiger partial charge in [-0.2, -0.15) is 0 Å². The van der Waals surface area contributed by atoms with E-state index in [1.807, 2.05) is 24.3 Å². The molecule has 0 unspecified atom stereocenters. The topological polar surface area (TPSA) is 49.4 Å². The van der Waals surface area contributed by atoms with E-state index in [0.717, 1.165) is 5.56 Å². The van der Waals surface area contributed by atoms with Crippen LogP contribution in [0.15, 0.2) is 48.5 Å². The molecule has 2 aromatic carbocycles. The molecule has 0 aliphatic carbocycles. The lowest BCUT2D eigenvalue weighted by Gasteiger charge is -2.11. The Hall–Kier alpha value is -2.33. The summed E-state index contributed by atoms with van der Waals surface area (Å²) in [4.78, 5) is 25.4. The van der Waals surface area contributed by atoms with Gasteiger partial charge >= 0.3 is 0 Å². The Balaban J connectivity index is 2.00. The number of rotatable bonds is 5. The maximum atomic E-state index is 12.2. The van der Waals surface area contributed by atoms with Crippen molar-refractivity contribution >= 4 is 29.1 Å². The number of halogens is 1. The van der Waals surface area contributed by atoms with E-state index >= 15 is 0 Å². The molecule has 2 rings (SSSR count). The van der Waals surface area contributed by atoms with Crippen LogP contribution in [0.4, 0.5) is 5.69 Å². The number of carbonyl (C=O) groups is 2. The van der Waals surface area contributed by atoms with Crippen molar-refractivity contribution in [3.05, 3.63) is 64.7 Å². The normalized spacial score (nSPS) is 10.2. The van der Waals surface area contributed by atoms with Gasteiger partial charge in [0.15, 0.2) is 0 Å². The molecule has 0 spiro atoms. The Morgan fingerprint density at radius 2 is 1.78 bits per heavy atom. The molecule has 0 aliphatic heterocycles. The van der Waals surface area contributed by atoms with Gasteiger partial charge in [0.1, 0.15) is 0 Å². The fraction of sp³-hybridized carbons (Fsp3) is 0.222. The van der Waals surface area contributed by atoms with Crippen LogP contribution >= 0.6 is 11.6 Å². The van der Waals surface area contributed by atoms with Crippen LogP contribution in [0.5, 0.6) is 0 Å². The van der Waals surface area contributed by atoms with Crippen molar-refractivity contribution in [1.82, 2.24) is 4.90 Å². The molecule has 0 fully saturated rings. The van der Waals surface area contributed by atoms with Crippen molar-refractivity contribution in [2.45, 2.75) is 12.8 Å². The average Bonchev–Trinajstić information content (AvgIpc) is 2.53. The molecule has 0 saturated heterocycles. The molecule has 0 saturated carbocycles. The number of carbonyl (C=O) groups excluding carboxylic acids is 2. The molecule has 0 heterocycles. The van der Waals surface area contributed by atoms with Gasteiger partial charge in [0.2, 0.25) is 5.91 Å². The fourth-order valence-corrected chi connectivity index (χ4v) is 2.21. The van der Waals surface area contributed by atoms with Crippen LogP contribution in [-0.2, 0) is 11.2 Å². The Labute approximate surface area is 141 Å². The van der Waals surface area contributed by atoms with E-state index in [4.69, 9.17) is 11.6 Å². The fourth-order valence-electron chi connectivity index (χ4n) is 2.08. The first-order chi connectivity index (χ1) is 11.0. The highest BCUT2D eigenvalue weighted by molar-refractivity contribution is 6.30. The summed E-state index contributed by atoms with van der Waals surface area (Å²) in [6.07, 6.45) is 1.09. The maximum absolute atomic E-state index is 12.2. The molecule has 0 radical (unpaired) electrons. The van der Waals surface area contributed by atoms with Crippen molar-refractivity contribution in [3.63, 3.8) is 0 Å². The smallest absolute Gasteiger partial charge is 0.255 e. The summed E-state index contributed by atoms with van der Waals surface area (Å²) in [5, 5.41) is 3.44. The largest absolute Gasteiger partial charge is 0.349 e. The summed E-state index contributed by atoms with van der Waals surface area (Å²) in [7, 11) is 3.48. The molecular weight excluding hydrogens is 312 g/mol. The third-order valence-electron chi connectivity index (χ3n) is 3.42. The average molecular weight is 331 g/mol. The van der Waals surface area contributed by atoms with Gasteiger partial charge in [0.25, 0.3) is 5.91 Å². The molecule has 1 N–H and O–H groups in total. The van der Waals surface area contributed by atoms with E-state index < -0.39 is 0 Å². The first-order valence-electron chi connectivity index (χ1n) is 7.32. The highest BCUT2D eigenvalue weighted by atomic mass is 35.5. The van der Waals surface area contributed by atoms with Crippen LogP contribution in [0.2, 0.25) is 5.02 Å². The van der Waals surface area contributed by atoms with E-state index in [9.17, 15) is 9.59 Å². The minimum absolute atomic E-state index is 0.0839. The van der Waals surface area contributed by atoms with Gasteiger partial charge in [-0.25, -0.2) is 0 Å². The van der Waals surface area contributed by atoms with E-state index in [1.165, 1.54) is 0 Å². The van der Waals surface area contributed by atoms with Gasteiger partial charge in [0.05, 0.1) is 0 Å². The van der Waals surface area contributed by atoms with Gasteiger partial charge in [-0.15, -0.1) is 0 Å². The van der Waals surface area contributed by atoms with Crippen molar-refractivity contribution in [2.24, 2.45) is 0 Å². The van der Waals surface area contributed by atoms with E-state index in [2.05, 4.69) is 5.32 Å². The van der Waals surface area contributed by atoms with E-state index in [1.54, 1.807) is 43.3 Å². The summed E-state index contributed by atoms with van der Waals surface area (Å²) >= 11 is 5.82. The van der Waals surface area contributed by atoms with Gasteiger partial charge in [0, 0.05) is 36.8 Å². The summed E-state index contributed by atoms with van der Waals surface area (Å²) in [6, 6.07) is 14.2. The van der Waals surface area contributed by atoms with Crippen LogP contribution in [0.25, 0.3) is 0 Å². The first kappa shape index (κ1) is 17.0. The number of anilines is 1. The summed E-state index contributed by atoms with van der Waals surface area (Å²) in [6.45, 7) is 0. The van der Waals surface area contributed by atoms with Crippen LogP contribution < -0.4 is 5.32 Å². The molecule has 0 atom stereocenters. The molecule has 4 nitrogen and oxygen atoms in total. The van der Waals surface area contributed by atoms with E-state index in [0.29, 0.717) is 29.1 Å². The number of amides is 2. The third-order valence-corrected chi connectivity index (χ3v) is 3.67. The molecule has 2 amide bonds. The molecule has 5 heteroatoms. The summed E-state index contributed by atoms with van der Waals surface area (Å²) in [5.74, 6) is -0.108. The molecule has 0 aromatic heterocycles. The lowest BCUT2D eigenvalue weighted by atomic mass is 10.1. The monoisotopic (exact) mass is 330 g/mol. The standard InChI is InChI=1S/C18H19ClN2O2/c1-21(2)17(22)11-6-13-4-3-5-16(12-13)20-18(23)14-7-9-15(19)10-8-14/h3-5,7-10,12H,6,11H2,1-2H3,(H,20,23). The lowest BCUT2D eigenvalue weighted by molar-refractivity contribution is -0.128. The van der Waals surface area contributed by atoms with Crippen LogP contribution in [0.3, 0.4) is 0 Å². The highest BCUT2D eigenvalue weighted by Gasteiger charge is 2.08. The lowest BCUT2D eigenvalue weighted by Crippen LogP contribution is -2.21. The van der Waals surface area contributed by atoms with Crippen LogP contribution in [-0.4, -0.2) is 30.8 Å². The van der Waals surface area contributed by atoms with Crippen molar-refractivity contribution in [2.75, 3.05) is 19.4 Å². The quantitative estimate of drug-likeness (QED) is 0.910. The second-order valence-corrected chi connectivity index (χ2v) is 5.89. The van der Waals surface area contributed by atoms with Crippen molar-refractivity contribution < 1.29 is 9.59 Å². The Morgan fingerprint density at radius 3 is 2.43 bits per heavy atom. The molecule has 2 aromatic rings. The van der Waals surface area contributed by atoms with Crippen LogP contribution in [0, 0.1) is 0 Å². The first-order valence-corrected chi connectivity index (χ1v) is 7.69. The summed E-state index contributed by atoms with van der Waals surface area (Å²) < 4.78 is 0. The zero-order chi connectivity index (χ0) is 16.8. The number of hydrogen-bond donors (Lipinski definition) is 1. The Morgan fingerprint density at radius 1 is 1.09 bits per heavy atom. The number of aryl methyl sites for hydroxylation is 1. The summed E-state index contributed by atoms with van der Waals surface area (Å²) in [5.41, 5.74) is 2.26. The Bertz CT molecular complexity index is 696. The van der Waals surface area contributed by atoms with Crippen molar-refractivity contribution in [1.29, 1.82) is 0 Å². The number of benzene rings is 2. The Kier molecular flexibility index (Phi) is 5.77. The molecular formula is C18H19ClN2O2. The molecule has 0 bridgehead atoms. The van der Waals surface area contributed by atoms with Crippen molar-refractivity contribution in [3.8, 4) is 0 Å². The van der Waals surface area contributed by atoms with Gasteiger partial charge in [-0.1, -0.05) is 23.7 Å². The second-order valence-electron chi connectivity index (χ2n) is 5.45. The van der Waals surface area contributed by atoms with E-state index in [-0.39, 0.29) is 11.8 Å². The predicted octanol–water partition coefficient (Wildman–Crippen LogP) is 3.61. The highest BCUT2D eigenvalue weighted by Crippen LogP contribution is 2.15. The third kappa shape index (κ3) is 5.11. The number of nitrogens with one attached hydrogen (secondary N) is 1. The molecule has 0 aliphatic rings. The zero-order valence-electron chi connectivity index (χ0n) is 13.2. The minimum atomic E-state index is -0.191.